The van der Waals surface area contributed by atoms with Gasteiger partial charge in [0.2, 0.25) is 0 Å². The fraction of sp³-hybridized carbons (Fsp3) is 1.00. The predicted molar refractivity (Wildman–Crippen MR) is 52.8 cm³/mol. The molecule has 0 aliphatic heterocycles. The zero-order valence-corrected chi connectivity index (χ0v) is 13.4. The summed E-state index contributed by atoms with van der Waals surface area (Å²) in [4.78, 5) is 0. The summed E-state index contributed by atoms with van der Waals surface area (Å²) in [7, 11) is -5.17. The summed E-state index contributed by atoms with van der Waals surface area (Å²) in [5.74, 6) is 0. The summed E-state index contributed by atoms with van der Waals surface area (Å²) in [5.41, 5.74) is 10.6. The van der Waals surface area contributed by atoms with Crippen LogP contribution in [0.1, 0.15) is 25.7 Å². The molecule has 14 heavy (non-hydrogen) atoms. The normalized spacial score (nSPS) is 9.71. The molecule has 0 saturated carbocycles. The molecule has 0 saturated heterocycles. The van der Waals surface area contributed by atoms with Gasteiger partial charge < -0.3 is 20.6 Å². The standard InChI is InChI=1S/C6H16N2.Ba.H2O4S/c7-5-3-1-2-4-6-8;;1-5(2,3)4/h1-8H2;;(H2,1,2,3,4)/q;+2;/p-2. The zero-order valence-electron chi connectivity index (χ0n) is 8.15. The molecule has 0 atom stereocenters. The van der Waals surface area contributed by atoms with E-state index in [0.29, 0.717) is 0 Å². The number of unbranched alkanes of at least 4 members (excludes halogenated alkanes) is 3. The van der Waals surface area contributed by atoms with Crippen molar-refractivity contribution in [3.8, 4) is 0 Å². The second-order valence-electron chi connectivity index (χ2n) is 2.40. The Bertz CT molecular complexity index is 172. The Labute approximate surface area is 125 Å². The maximum absolute atomic E-state index is 8.52. The first kappa shape index (κ1) is 20.7. The molecule has 0 aliphatic carbocycles. The van der Waals surface area contributed by atoms with E-state index < -0.39 is 10.4 Å². The Morgan fingerprint density at radius 1 is 0.857 bits per heavy atom. The molecule has 0 fully saturated rings. The summed E-state index contributed by atoms with van der Waals surface area (Å²) >= 11 is 0. The molecule has 0 aromatic carbocycles. The molecule has 0 radical (unpaired) electrons. The molecule has 0 aliphatic rings. The fourth-order valence-corrected chi connectivity index (χ4v) is 0.642. The Hall–Kier alpha value is 1.36. The smallest absolute Gasteiger partial charge is 0.759 e. The topological polar surface area (TPSA) is 132 Å². The van der Waals surface area contributed by atoms with Crippen LogP contribution in [0.3, 0.4) is 0 Å². The molecule has 82 valence electrons. The largest absolute Gasteiger partial charge is 2.00 e. The van der Waals surface area contributed by atoms with Crippen LogP contribution in [0, 0.1) is 0 Å². The summed E-state index contributed by atoms with van der Waals surface area (Å²) < 4.78 is 34.1. The van der Waals surface area contributed by atoms with Gasteiger partial charge in [0, 0.05) is 10.4 Å². The van der Waals surface area contributed by atoms with Crippen LogP contribution in [0.5, 0.6) is 0 Å². The van der Waals surface area contributed by atoms with Gasteiger partial charge in [-0.25, -0.2) is 0 Å². The average Bonchev–Trinajstić information content (AvgIpc) is 1.95. The van der Waals surface area contributed by atoms with Gasteiger partial charge in [0.25, 0.3) is 0 Å². The van der Waals surface area contributed by atoms with Crippen molar-refractivity contribution in [3.05, 3.63) is 0 Å². The predicted octanol–water partition coefficient (Wildman–Crippen LogP) is -1.25. The van der Waals surface area contributed by atoms with Gasteiger partial charge in [-0.3, -0.25) is 8.42 Å². The van der Waals surface area contributed by atoms with Gasteiger partial charge in [-0.15, -0.1) is 0 Å². The van der Waals surface area contributed by atoms with Crippen molar-refractivity contribution in [2.75, 3.05) is 13.1 Å². The SMILES string of the molecule is NCCCCCCN.O=S(=O)([O-])[O-].[Ba+2]. The third-order valence-corrected chi connectivity index (χ3v) is 1.16. The van der Waals surface area contributed by atoms with E-state index in [-0.39, 0.29) is 48.9 Å². The minimum atomic E-state index is -5.17. The molecule has 0 aromatic rings. The van der Waals surface area contributed by atoms with E-state index in [1.54, 1.807) is 0 Å². The first-order valence-corrected chi connectivity index (χ1v) is 5.32. The van der Waals surface area contributed by atoms with E-state index in [9.17, 15) is 0 Å². The first-order valence-electron chi connectivity index (χ1n) is 3.98. The van der Waals surface area contributed by atoms with Crippen molar-refractivity contribution < 1.29 is 17.5 Å². The van der Waals surface area contributed by atoms with Crippen LogP contribution in [0.2, 0.25) is 0 Å². The van der Waals surface area contributed by atoms with Crippen LogP contribution in [-0.2, 0) is 10.4 Å². The van der Waals surface area contributed by atoms with Gasteiger partial charge in [0.05, 0.1) is 0 Å². The molecule has 4 N–H and O–H groups in total. The quantitative estimate of drug-likeness (QED) is 0.276. The minimum Gasteiger partial charge on any atom is -0.759 e. The van der Waals surface area contributed by atoms with E-state index in [0.717, 1.165) is 25.9 Å². The van der Waals surface area contributed by atoms with Crippen molar-refractivity contribution >= 4 is 59.3 Å². The molecular weight excluding hydrogens is 333 g/mol. The Morgan fingerprint density at radius 3 is 1.21 bits per heavy atom. The number of hydrogen-bond donors (Lipinski definition) is 2. The van der Waals surface area contributed by atoms with E-state index in [1.165, 1.54) is 12.8 Å². The Balaban J connectivity index is -0.000000177. The molecule has 0 amide bonds. The number of nitrogens with two attached hydrogens (primary N) is 2. The molecule has 0 spiro atoms. The van der Waals surface area contributed by atoms with Crippen LogP contribution in [0.4, 0.5) is 0 Å². The third-order valence-electron chi connectivity index (χ3n) is 1.16. The van der Waals surface area contributed by atoms with Crippen LogP contribution in [0.25, 0.3) is 0 Å². The van der Waals surface area contributed by atoms with Crippen LogP contribution in [-0.4, -0.2) is 79.5 Å². The molecule has 0 aromatic heterocycles. The monoisotopic (exact) mass is 350 g/mol. The summed E-state index contributed by atoms with van der Waals surface area (Å²) in [6, 6.07) is 0. The molecule has 0 unspecified atom stereocenters. The van der Waals surface area contributed by atoms with Crippen molar-refractivity contribution in [1.82, 2.24) is 0 Å². The van der Waals surface area contributed by atoms with Crippen molar-refractivity contribution in [2.45, 2.75) is 25.7 Å². The van der Waals surface area contributed by atoms with Crippen molar-refractivity contribution in [1.29, 1.82) is 0 Å². The van der Waals surface area contributed by atoms with E-state index in [2.05, 4.69) is 0 Å². The second kappa shape index (κ2) is 14.4. The Morgan fingerprint density at radius 2 is 1.07 bits per heavy atom. The van der Waals surface area contributed by atoms with E-state index in [4.69, 9.17) is 29.0 Å². The third kappa shape index (κ3) is 50.5. The molecule has 0 rings (SSSR count). The molecule has 0 bridgehead atoms. The van der Waals surface area contributed by atoms with Gasteiger partial charge >= 0.3 is 48.9 Å². The fourth-order valence-electron chi connectivity index (χ4n) is 0.642. The van der Waals surface area contributed by atoms with Gasteiger partial charge in [-0.1, -0.05) is 12.8 Å². The van der Waals surface area contributed by atoms with Gasteiger partial charge in [0.1, 0.15) is 0 Å². The van der Waals surface area contributed by atoms with Crippen LogP contribution in [0.15, 0.2) is 0 Å². The Kier molecular flexibility index (Phi) is 21.3. The molecule has 8 heteroatoms. The number of hydrogen-bond acceptors (Lipinski definition) is 6. The maximum atomic E-state index is 8.52. The molecule has 6 nitrogen and oxygen atoms in total. The first-order chi connectivity index (χ1) is 5.91. The van der Waals surface area contributed by atoms with Gasteiger partial charge in [0.15, 0.2) is 0 Å². The maximum Gasteiger partial charge on any atom is 2.00 e. The summed E-state index contributed by atoms with van der Waals surface area (Å²) in [5, 5.41) is 0. The number of rotatable bonds is 5. The van der Waals surface area contributed by atoms with Gasteiger partial charge in [-0.05, 0) is 25.9 Å². The van der Waals surface area contributed by atoms with Crippen LogP contribution >= 0.6 is 0 Å². The van der Waals surface area contributed by atoms with Gasteiger partial charge in [-0.2, -0.15) is 0 Å². The molecule has 0 heterocycles. The van der Waals surface area contributed by atoms with Crippen molar-refractivity contribution in [2.24, 2.45) is 11.5 Å². The summed E-state index contributed by atoms with van der Waals surface area (Å²) in [6.45, 7) is 1.65. The summed E-state index contributed by atoms with van der Waals surface area (Å²) in [6.07, 6.45) is 4.79. The van der Waals surface area contributed by atoms with E-state index >= 15 is 0 Å². The average molecular weight is 350 g/mol. The van der Waals surface area contributed by atoms with Crippen molar-refractivity contribution in [3.63, 3.8) is 0 Å². The van der Waals surface area contributed by atoms with Crippen LogP contribution < -0.4 is 11.5 Å². The van der Waals surface area contributed by atoms with E-state index in [1.807, 2.05) is 0 Å². The molecular formula is C6H16BaN2O4S. The minimum absolute atomic E-state index is 0. The zero-order chi connectivity index (χ0) is 10.7. The second-order valence-corrected chi connectivity index (χ2v) is 3.22.